The minimum absolute atomic E-state index is 0. The number of rotatable bonds is 7. The molecule has 2 rings (SSSR count). The number of hydrogen-bond acceptors (Lipinski definition) is 3. The predicted octanol–water partition coefficient (Wildman–Crippen LogP) is 2.54. The van der Waals surface area contributed by atoms with Crippen LogP contribution in [-0.4, -0.2) is 50.2 Å². The van der Waals surface area contributed by atoms with Crippen LogP contribution in [0.25, 0.3) is 0 Å². The molecule has 0 fully saturated rings. The van der Waals surface area contributed by atoms with E-state index in [0.717, 1.165) is 5.69 Å². The standard InChI is InChI=1S/C18H26FN5O2S.HI/c1-14-7-8-15(12-17(14)19)22-27(25,26)11-9-21-18(20-2)24(4)13-16-6-5-10-23(16)3;/h5-8,10,12,22H,9,11,13H2,1-4H3,(H,20,21);1H. The summed E-state index contributed by atoms with van der Waals surface area (Å²) in [6.07, 6.45) is 1.96. The van der Waals surface area contributed by atoms with E-state index in [0.29, 0.717) is 18.1 Å². The molecule has 28 heavy (non-hydrogen) atoms. The highest BCUT2D eigenvalue weighted by Gasteiger charge is 2.13. The monoisotopic (exact) mass is 523 g/mol. The number of aryl methyl sites for hydroxylation is 2. The molecule has 0 aliphatic heterocycles. The third-order valence-electron chi connectivity index (χ3n) is 4.12. The van der Waals surface area contributed by atoms with Crippen LogP contribution < -0.4 is 10.0 Å². The SMILES string of the molecule is CN=C(NCCS(=O)(=O)Nc1ccc(C)c(F)c1)N(C)Cc1cccn1C.I. The molecular weight excluding hydrogens is 496 g/mol. The Hall–Kier alpha value is -1.82. The summed E-state index contributed by atoms with van der Waals surface area (Å²) in [5.74, 6) is -0.0247. The molecule has 10 heteroatoms. The number of sulfonamides is 1. The average Bonchev–Trinajstić information content (AvgIpc) is 2.99. The van der Waals surface area contributed by atoms with Gasteiger partial charge in [0.25, 0.3) is 0 Å². The fourth-order valence-electron chi connectivity index (χ4n) is 2.55. The highest BCUT2D eigenvalue weighted by molar-refractivity contribution is 14.0. The van der Waals surface area contributed by atoms with Crippen molar-refractivity contribution in [2.75, 3.05) is 31.1 Å². The molecule has 0 saturated carbocycles. The molecule has 1 heterocycles. The van der Waals surface area contributed by atoms with Gasteiger partial charge in [0, 0.05) is 39.6 Å². The summed E-state index contributed by atoms with van der Waals surface area (Å²) >= 11 is 0. The molecule has 0 aliphatic rings. The van der Waals surface area contributed by atoms with Gasteiger partial charge in [0.05, 0.1) is 18.0 Å². The number of aliphatic imine (C=N–C) groups is 1. The van der Waals surface area contributed by atoms with Crippen molar-refractivity contribution >= 4 is 45.6 Å². The summed E-state index contributed by atoms with van der Waals surface area (Å²) in [4.78, 5) is 6.09. The van der Waals surface area contributed by atoms with E-state index in [4.69, 9.17) is 0 Å². The summed E-state index contributed by atoms with van der Waals surface area (Å²) in [7, 11) is 1.88. The highest BCUT2D eigenvalue weighted by Crippen LogP contribution is 2.14. The Morgan fingerprint density at radius 2 is 2.04 bits per heavy atom. The van der Waals surface area contributed by atoms with Crippen molar-refractivity contribution in [2.24, 2.45) is 12.0 Å². The number of benzene rings is 1. The number of nitrogens with zero attached hydrogens (tertiary/aromatic N) is 3. The van der Waals surface area contributed by atoms with E-state index in [1.165, 1.54) is 18.2 Å². The highest BCUT2D eigenvalue weighted by atomic mass is 127. The van der Waals surface area contributed by atoms with E-state index in [9.17, 15) is 12.8 Å². The van der Waals surface area contributed by atoms with Crippen molar-refractivity contribution < 1.29 is 12.8 Å². The molecule has 0 saturated heterocycles. The first-order valence-corrected chi connectivity index (χ1v) is 10.2. The second-order valence-electron chi connectivity index (χ2n) is 6.33. The van der Waals surface area contributed by atoms with E-state index in [-0.39, 0.29) is 42.0 Å². The molecular formula is C18H27FIN5O2S. The van der Waals surface area contributed by atoms with Crippen molar-refractivity contribution in [3.8, 4) is 0 Å². The zero-order chi connectivity index (χ0) is 20.0. The predicted molar refractivity (Wildman–Crippen MR) is 122 cm³/mol. The fraction of sp³-hybridized carbons (Fsp3) is 0.389. The Kier molecular flexibility index (Phi) is 9.21. The first-order chi connectivity index (χ1) is 12.7. The maximum absolute atomic E-state index is 13.6. The third kappa shape index (κ3) is 6.97. The second kappa shape index (κ2) is 10.6. The number of halogens is 2. The van der Waals surface area contributed by atoms with Crippen molar-refractivity contribution in [1.29, 1.82) is 0 Å². The molecule has 0 spiro atoms. The van der Waals surface area contributed by atoms with Gasteiger partial charge in [-0.2, -0.15) is 0 Å². The molecule has 0 atom stereocenters. The molecule has 2 N–H and O–H groups in total. The van der Waals surface area contributed by atoms with Crippen LogP contribution in [-0.2, 0) is 23.6 Å². The summed E-state index contributed by atoms with van der Waals surface area (Å²) in [6.45, 7) is 2.43. The molecule has 1 aromatic carbocycles. The van der Waals surface area contributed by atoms with Gasteiger partial charge in [-0.25, -0.2) is 12.8 Å². The molecule has 0 amide bonds. The Balaban J connectivity index is 0.00000392. The average molecular weight is 523 g/mol. The molecule has 0 unspecified atom stereocenters. The van der Waals surface area contributed by atoms with Crippen molar-refractivity contribution in [1.82, 2.24) is 14.8 Å². The van der Waals surface area contributed by atoms with Crippen LogP contribution in [0, 0.1) is 12.7 Å². The Labute approximate surface area is 183 Å². The molecule has 0 radical (unpaired) electrons. The molecule has 1 aromatic heterocycles. The quantitative estimate of drug-likeness (QED) is 0.332. The Bertz CT molecular complexity index is 914. The normalized spacial score (nSPS) is 11.7. The lowest BCUT2D eigenvalue weighted by molar-refractivity contribution is 0.463. The molecule has 0 aliphatic carbocycles. The van der Waals surface area contributed by atoms with Crippen LogP contribution >= 0.6 is 24.0 Å². The summed E-state index contributed by atoms with van der Waals surface area (Å²) in [6, 6.07) is 8.22. The van der Waals surface area contributed by atoms with Gasteiger partial charge >= 0.3 is 0 Å². The molecule has 0 bridgehead atoms. The van der Waals surface area contributed by atoms with Crippen molar-refractivity contribution in [2.45, 2.75) is 13.5 Å². The van der Waals surface area contributed by atoms with Gasteiger partial charge in [0.1, 0.15) is 5.82 Å². The van der Waals surface area contributed by atoms with Gasteiger partial charge in [-0.1, -0.05) is 6.07 Å². The van der Waals surface area contributed by atoms with E-state index < -0.39 is 15.8 Å². The van der Waals surface area contributed by atoms with Gasteiger partial charge in [-0.05, 0) is 36.8 Å². The Morgan fingerprint density at radius 1 is 1.32 bits per heavy atom. The lowest BCUT2D eigenvalue weighted by Gasteiger charge is -2.22. The van der Waals surface area contributed by atoms with Gasteiger partial charge in [0.2, 0.25) is 10.0 Å². The number of aromatic nitrogens is 1. The van der Waals surface area contributed by atoms with Gasteiger partial charge < -0.3 is 14.8 Å². The van der Waals surface area contributed by atoms with Gasteiger partial charge in [0.15, 0.2) is 5.96 Å². The maximum Gasteiger partial charge on any atom is 0.234 e. The molecule has 156 valence electrons. The minimum atomic E-state index is -3.61. The summed E-state index contributed by atoms with van der Waals surface area (Å²) < 4.78 is 42.4. The van der Waals surface area contributed by atoms with Gasteiger partial charge in [-0.3, -0.25) is 9.71 Å². The second-order valence-corrected chi connectivity index (χ2v) is 8.17. The number of guanidine groups is 1. The van der Waals surface area contributed by atoms with Crippen molar-refractivity contribution in [3.63, 3.8) is 0 Å². The zero-order valence-corrected chi connectivity index (χ0v) is 19.6. The Morgan fingerprint density at radius 3 is 2.61 bits per heavy atom. The number of nitrogens with one attached hydrogen (secondary N) is 2. The van der Waals surface area contributed by atoms with Crippen LogP contribution in [0.2, 0.25) is 0 Å². The van der Waals surface area contributed by atoms with Crippen molar-refractivity contribution in [3.05, 3.63) is 53.6 Å². The lowest BCUT2D eigenvalue weighted by atomic mass is 10.2. The maximum atomic E-state index is 13.6. The molecule has 2 aromatic rings. The number of hydrogen-bond donors (Lipinski definition) is 2. The minimum Gasteiger partial charge on any atom is -0.355 e. The zero-order valence-electron chi connectivity index (χ0n) is 16.4. The van der Waals surface area contributed by atoms with Crippen LogP contribution in [0.3, 0.4) is 0 Å². The smallest absolute Gasteiger partial charge is 0.234 e. The van der Waals surface area contributed by atoms with E-state index in [1.54, 1.807) is 14.0 Å². The summed E-state index contributed by atoms with van der Waals surface area (Å²) in [5, 5.41) is 3.04. The van der Waals surface area contributed by atoms with E-state index in [2.05, 4.69) is 15.0 Å². The van der Waals surface area contributed by atoms with E-state index >= 15 is 0 Å². The third-order valence-corrected chi connectivity index (χ3v) is 5.41. The fourth-order valence-corrected chi connectivity index (χ4v) is 3.51. The topological polar surface area (TPSA) is 78.7 Å². The molecule has 7 nitrogen and oxygen atoms in total. The summed E-state index contributed by atoms with van der Waals surface area (Å²) in [5.41, 5.74) is 1.78. The first-order valence-electron chi connectivity index (χ1n) is 8.50. The number of anilines is 1. The van der Waals surface area contributed by atoms with Crippen LogP contribution in [0.15, 0.2) is 41.5 Å². The lowest BCUT2D eigenvalue weighted by Crippen LogP contribution is -2.41. The van der Waals surface area contributed by atoms with E-state index in [1.807, 2.05) is 41.9 Å². The first kappa shape index (κ1) is 24.2. The largest absolute Gasteiger partial charge is 0.355 e. The van der Waals surface area contributed by atoms with Gasteiger partial charge in [-0.15, -0.1) is 24.0 Å². The van der Waals surface area contributed by atoms with Crippen LogP contribution in [0.1, 0.15) is 11.3 Å². The van der Waals surface area contributed by atoms with Crippen LogP contribution in [0.5, 0.6) is 0 Å². The van der Waals surface area contributed by atoms with Crippen LogP contribution in [0.4, 0.5) is 10.1 Å².